The topological polar surface area (TPSA) is 81.5 Å². The first-order chi connectivity index (χ1) is 10.0. The van der Waals surface area contributed by atoms with E-state index in [9.17, 15) is 14.9 Å². The number of anilines is 1. The molecule has 0 spiro atoms. The van der Waals surface area contributed by atoms with Gasteiger partial charge in [-0.1, -0.05) is 0 Å². The van der Waals surface area contributed by atoms with E-state index in [4.69, 9.17) is 4.74 Å². The standard InChI is InChI=1S/C15H20N2O4/c1-10-9-13(7-8-14(10)17(19)20)16-12-5-3-11(4-6-12)15(18)21-2/h7-9,11-12,16H,3-6H2,1-2H3. The summed E-state index contributed by atoms with van der Waals surface area (Å²) in [5.74, 6) is -0.119. The summed E-state index contributed by atoms with van der Waals surface area (Å²) in [4.78, 5) is 21.9. The lowest BCUT2D eigenvalue weighted by molar-refractivity contribution is -0.385. The summed E-state index contributed by atoms with van der Waals surface area (Å²) in [7, 11) is 1.42. The number of carbonyl (C=O) groups is 1. The molecule has 0 bridgehead atoms. The van der Waals surface area contributed by atoms with Crippen LogP contribution in [0, 0.1) is 23.0 Å². The van der Waals surface area contributed by atoms with E-state index in [2.05, 4.69) is 5.32 Å². The Morgan fingerprint density at radius 2 is 2.00 bits per heavy atom. The Morgan fingerprint density at radius 3 is 2.52 bits per heavy atom. The number of aryl methyl sites for hydroxylation is 1. The number of nitro groups is 1. The highest BCUT2D eigenvalue weighted by molar-refractivity contribution is 5.72. The lowest BCUT2D eigenvalue weighted by Crippen LogP contribution is -2.29. The number of nitrogens with one attached hydrogen (secondary N) is 1. The van der Waals surface area contributed by atoms with Crippen molar-refractivity contribution in [3.63, 3.8) is 0 Å². The first-order valence-corrected chi connectivity index (χ1v) is 7.10. The van der Waals surface area contributed by atoms with Crippen LogP contribution in [0.5, 0.6) is 0 Å². The number of carbonyl (C=O) groups excluding carboxylic acids is 1. The molecular weight excluding hydrogens is 272 g/mol. The summed E-state index contributed by atoms with van der Waals surface area (Å²) < 4.78 is 4.77. The molecule has 6 nitrogen and oxygen atoms in total. The number of hydrogen-bond donors (Lipinski definition) is 1. The van der Waals surface area contributed by atoms with Crippen LogP contribution in [0.2, 0.25) is 0 Å². The first kappa shape index (κ1) is 15.3. The van der Waals surface area contributed by atoms with E-state index in [1.54, 1.807) is 19.1 Å². The Balaban J connectivity index is 1.93. The second kappa shape index (κ2) is 6.56. The van der Waals surface area contributed by atoms with Crippen LogP contribution in [0.25, 0.3) is 0 Å². The summed E-state index contributed by atoms with van der Waals surface area (Å²) >= 11 is 0. The van der Waals surface area contributed by atoms with Crippen molar-refractivity contribution in [1.29, 1.82) is 0 Å². The third kappa shape index (κ3) is 3.71. The monoisotopic (exact) mass is 292 g/mol. The molecule has 1 saturated carbocycles. The predicted octanol–water partition coefficient (Wildman–Crippen LogP) is 3.05. The highest BCUT2D eigenvalue weighted by atomic mass is 16.6. The molecule has 114 valence electrons. The maximum Gasteiger partial charge on any atom is 0.308 e. The zero-order valence-corrected chi connectivity index (χ0v) is 12.3. The fourth-order valence-electron chi connectivity index (χ4n) is 2.83. The van der Waals surface area contributed by atoms with Crippen molar-refractivity contribution in [3.8, 4) is 0 Å². The molecule has 1 fully saturated rings. The molecule has 0 atom stereocenters. The Hall–Kier alpha value is -2.11. The summed E-state index contributed by atoms with van der Waals surface area (Å²) in [6, 6.07) is 5.35. The van der Waals surface area contributed by atoms with Gasteiger partial charge in [-0.25, -0.2) is 0 Å². The maximum atomic E-state index is 11.5. The number of esters is 1. The van der Waals surface area contributed by atoms with Crippen LogP contribution >= 0.6 is 0 Å². The van der Waals surface area contributed by atoms with Crippen LogP contribution < -0.4 is 5.32 Å². The van der Waals surface area contributed by atoms with Crippen LogP contribution in [0.15, 0.2) is 18.2 Å². The molecule has 0 heterocycles. The van der Waals surface area contributed by atoms with Gasteiger partial charge in [0.05, 0.1) is 18.0 Å². The Morgan fingerprint density at radius 1 is 1.33 bits per heavy atom. The zero-order valence-electron chi connectivity index (χ0n) is 12.3. The first-order valence-electron chi connectivity index (χ1n) is 7.10. The molecule has 6 heteroatoms. The molecule has 21 heavy (non-hydrogen) atoms. The SMILES string of the molecule is COC(=O)C1CCC(Nc2ccc([N+](=O)[O-])c(C)c2)CC1. The number of ether oxygens (including phenoxy) is 1. The average Bonchev–Trinajstić information content (AvgIpc) is 2.47. The number of rotatable bonds is 4. The van der Waals surface area contributed by atoms with Crippen molar-refractivity contribution in [2.75, 3.05) is 12.4 Å². The second-order valence-corrected chi connectivity index (χ2v) is 5.47. The van der Waals surface area contributed by atoms with E-state index in [1.165, 1.54) is 13.2 Å². The molecule has 0 radical (unpaired) electrons. The highest BCUT2D eigenvalue weighted by Crippen LogP contribution is 2.28. The number of nitro benzene ring substituents is 1. The fraction of sp³-hybridized carbons (Fsp3) is 0.533. The number of benzene rings is 1. The van der Waals surface area contributed by atoms with Gasteiger partial charge in [-0.3, -0.25) is 14.9 Å². The van der Waals surface area contributed by atoms with Gasteiger partial charge in [0.25, 0.3) is 5.69 Å². The number of methoxy groups -OCH3 is 1. The van der Waals surface area contributed by atoms with Gasteiger partial charge in [-0.15, -0.1) is 0 Å². The minimum Gasteiger partial charge on any atom is -0.469 e. The van der Waals surface area contributed by atoms with Gasteiger partial charge in [0.1, 0.15) is 0 Å². The van der Waals surface area contributed by atoms with E-state index in [0.717, 1.165) is 31.4 Å². The molecule has 0 saturated heterocycles. The van der Waals surface area contributed by atoms with Crippen molar-refractivity contribution in [1.82, 2.24) is 0 Å². The van der Waals surface area contributed by atoms with Gasteiger partial charge >= 0.3 is 5.97 Å². The molecule has 1 N–H and O–H groups in total. The summed E-state index contributed by atoms with van der Waals surface area (Å²) in [5.41, 5.74) is 1.67. The van der Waals surface area contributed by atoms with Gasteiger partial charge in [-0.2, -0.15) is 0 Å². The van der Waals surface area contributed by atoms with Crippen LogP contribution in [-0.4, -0.2) is 24.0 Å². The minimum absolute atomic E-state index is 0.00615. The fourth-order valence-corrected chi connectivity index (χ4v) is 2.83. The van der Waals surface area contributed by atoms with E-state index in [1.807, 2.05) is 0 Å². The van der Waals surface area contributed by atoms with Crippen LogP contribution in [-0.2, 0) is 9.53 Å². The smallest absolute Gasteiger partial charge is 0.308 e. The molecule has 0 unspecified atom stereocenters. The third-order valence-corrected chi connectivity index (χ3v) is 4.03. The van der Waals surface area contributed by atoms with E-state index >= 15 is 0 Å². The largest absolute Gasteiger partial charge is 0.469 e. The lowest BCUT2D eigenvalue weighted by Gasteiger charge is -2.28. The molecule has 2 rings (SSSR count). The molecule has 0 aromatic heterocycles. The van der Waals surface area contributed by atoms with Crippen LogP contribution in [0.4, 0.5) is 11.4 Å². The quantitative estimate of drug-likeness (QED) is 0.524. The summed E-state index contributed by atoms with van der Waals surface area (Å²) in [6.45, 7) is 1.73. The van der Waals surface area contributed by atoms with Crippen LogP contribution in [0.3, 0.4) is 0 Å². The van der Waals surface area contributed by atoms with Gasteiger partial charge in [0.2, 0.25) is 0 Å². The highest BCUT2D eigenvalue weighted by Gasteiger charge is 2.26. The molecule has 1 aromatic rings. The van der Waals surface area contributed by atoms with Crippen molar-refractivity contribution >= 4 is 17.3 Å². The second-order valence-electron chi connectivity index (χ2n) is 5.47. The molecule has 0 amide bonds. The third-order valence-electron chi connectivity index (χ3n) is 4.03. The zero-order chi connectivity index (χ0) is 15.4. The number of nitrogens with zero attached hydrogens (tertiary/aromatic N) is 1. The molecule has 0 aliphatic heterocycles. The normalized spacial score (nSPS) is 21.6. The maximum absolute atomic E-state index is 11.5. The van der Waals surface area contributed by atoms with Crippen molar-refractivity contribution in [2.24, 2.45) is 5.92 Å². The Kier molecular flexibility index (Phi) is 4.77. The Bertz CT molecular complexity index is 536. The lowest BCUT2D eigenvalue weighted by atomic mass is 9.86. The van der Waals surface area contributed by atoms with Crippen molar-refractivity contribution < 1.29 is 14.5 Å². The molecule has 1 aromatic carbocycles. The van der Waals surface area contributed by atoms with E-state index in [0.29, 0.717) is 11.6 Å². The minimum atomic E-state index is -0.374. The van der Waals surface area contributed by atoms with Gasteiger partial charge in [0.15, 0.2) is 0 Å². The van der Waals surface area contributed by atoms with Crippen molar-refractivity contribution in [3.05, 3.63) is 33.9 Å². The summed E-state index contributed by atoms with van der Waals surface area (Å²) in [6.07, 6.45) is 3.43. The number of hydrogen-bond acceptors (Lipinski definition) is 5. The van der Waals surface area contributed by atoms with Crippen LogP contribution in [0.1, 0.15) is 31.2 Å². The summed E-state index contributed by atoms with van der Waals surface area (Å²) in [5, 5.41) is 14.2. The van der Waals surface area contributed by atoms with Crippen molar-refractivity contribution in [2.45, 2.75) is 38.6 Å². The van der Waals surface area contributed by atoms with E-state index < -0.39 is 0 Å². The predicted molar refractivity (Wildman–Crippen MR) is 79.2 cm³/mol. The average molecular weight is 292 g/mol. The molecular formula is C15H20N2O4. The Labute approximate surface area is 123 Å². The molecule has 1 aliphatic rings. The van der Waals surface area contributed by atoms with E-state index in [-0.39, 0.29) is 22.5 Å². The van der Waals surface area contributed by atoms with Gasteiger partial charge in [-0.05, 0) is 44.7 Å². The van der Waals surface area contributed by atoms with Gasteiger partial charge < -0.3 is 10.1 Å². The van der Waals surface area contributed by atoms with Gasteiger partial charge in [0, 0.05) is 23.4 Å². The molecule has 1 aliphatic carbocycles.